The van der Waals surface area contributed by atoms with Crippen molar-refractivity contribution in [3.05, 3.63) is 42.0 Å². The predicted molar refractivity (Wildman–Crippen MR) is 63.5 cm³/mol. The fourth-order valence-electron chi connectivity index (χ4n) is 1.53. The molecule has 0 fully saturated rings. The quantitative estimate of drug-likeness (QED) is 0.882. The van der Waals surface area contributed by atoms with E-state index in [0.29, 0.717) is 12.2 Å². The maximum absolute atomic E-state index is 13.4. The molecular weight excluding hydrogens is 221 g/mol. The normalized spacial score (nSPS) is 10.3. The summed E-state index contributed by atoms with van der Waals surface area (Å²) < 4.78 is 20.0. The number of nitrogens with one attached hydrogen (secondary N) is 1. The lowest BCUT2D eigenvalue weighted by atomic mass is 10.3. The van der Waals surface area contributed by atoms with Crippen molar-refractivity contribution < 1.29 is 9.13 Å². The highest BCUT2D eigenvalue weighted by molar-refractivity contribution is 5.47. The predicted octanol–water partition coefficient (Wildman–Crippen LogP) is 2.18. The van der Waals surface area contributed by atoms with Gasteiger partial charge in [-0.25, -0.2) is 4.39 Å². The molecule has 1 aromatic carbocycles. The van der Waals surface area contributed by atoms with Crippen LogP contribution in [0.3, 0.4) is 0 Å². The average molecular weight is 235 g/mol. The molecule has 0 radical (unpaired) electrons. The molecule has 0 aliphatic rings. The molecular formula is C12H14FN3O. The molecule has 0 unspecified atom stereocenters. The van der Waals surface area contributed by atoms with Crippen LogP contribution in [-0.2, 0) is 13.6 Å². The van der Waals surface area contributed by atoms with Crippen molar-refractivity contribution in [1.29, 1.82) is 0 Å². The number of aryl methyl sites for hydroxylation is 1. The van der Waals surface area contributed by atoms with E-state index >= 15 is 0 Å². The summed E-state index contributed by atoms with van der Waals surface area (Å²) in [5, 5.41) is 7.31. The van der Waals surface area contributed by atoms with Gasteiger partial charge in [-0.3, -0.25) is 4.68 Å². The second kappa shape index (κ2) is 4.86. The zero-order valence-corrected chi connectivity index (χ0v) is 9.77. The molecule has 0 aliphatic heterocycles. The average Bonchev–Trinajstić information content (AvgIpc) is 2.73. The number of nitrogens with zero attached hydrogens (tertiary/aromatic N) is 2. The van der Waals surface area contributed by atoms with E-state index in [1.54, 1.807) is 16.8 Å². The third kappa shape index (κ3) is 2.75. The smallest absolute Gasteiger partial charge is 0.167 e. The zero-order chi connectivity index (χ0) is 12.3. The summed E-state index contributed by atoms with van der Waals surface area (Å²) in [7, 11) is 3.30. The first-order valence-corrected chi connectivity index (χ1v) is 5.25. The molecule has 17 heavy (non-hydrogen) atoms. The number of halogens is 1. The number of methoxy groups -OCH3 is 1. The Balaban J connectivity index is 2.02. The van der Waals surface area contributed by atoms with Crippen molar-refractivity contribution in [2.45, 2.75) is 6.54 Å². The Morgan fingerprint density at radius 1 is 1.41 bits per heavy atom. The van der Waals surface area contributed by atoms with Crippen molar-refractivity contribution in [2.75, 3.05) is 12.4 Å². The van der Waals surface area contributed by atoms with Crippen molar-refractivity contribution in [2.24, 2.45) is 7.05 Å². The lowest BCUT2D eigenvalue weighted by Crippen LogP contribution is -2.01. The minimum absolute atomic E-state index is 0.244. The van der Waals surface area contributed by atoms with E-state index in [1.807, 2.05) is 19.3 Å². The SMILES string of the molecule is COc1ccc(NCc2ccn(C)n2)cc1F. The Morgan fingerprint density at radius 2 is 2.24 bits per heavy atom. The lowest BCUT2D eigenvalue weighted by molar-refractivity contribution is 0.386. The first-order valence-electron chi connectivity index (χ1n) is 5.25. The number of rotatable bonds is 4. The molecule has 5 heteroatoms. The van der Waals surface area contributed by atoms with E-state index < -0.39 is 0 Å². The van der Waals surface area contributed by atoms with Gasteiger partial charge in [-0.2, -0.15) is 5.10 Å². The monoisotopic (exact) mass is 235 g/mol. The molecule has 1 N–H and O–H groups in total. The molecule has 4 nitrogen and oxygen atoms in total. The molecule has 0 spiro atoms. The molecule has 1 aromatic heterocycles. The van der Waals surface area contributed by atoms with E-state index in [-0.39, 0.29) is 11.6 Å². The first-order chi connectivity index (χ1) is 8.19. The molecule has 2 aromatic rings. The highest BCUT2D eigenvalue weighted by atomic mass is 19.1. The van der Waals surface area contributed by atoms with Crippen LogP contribution in [0.25, 0.3) is 0 Å². The summed E-state index contributed by atoms with van der Waals surface area (Å²) in [5.41, 5.74) is 1.61. The van der Waals surface area contributed by atoms with Gasteiger partial charge in [-0.05, 0) is 18.2 Å². The zero-order valence-electron chi connectivity index (χ0n) is 9.77. The Labute approximate surface area is 99.0 Å². The number of hydrogen-bond acceptors (Lipinski definition) is 3. The molecule has 0 saturated heterocycles. The van der Waals surface area contributed by atoms with Gasteiger partial charge in [-0.15, -0.1) is 0 Å². The second-order valence-corrected chi connectivity index (χ2v) is 3.68. The summed E-state index contributed by atoms with van der Waals surface area (Å²) in [6.45, 7) is 0.562. The van der Waals surface area contributed by atoms with Gasteiger partial charge in [0.15, 0.2) is 11.6 Å². The van der Waals surface area contributed by atoms with Gasteiger partial charge >= 0.3 is 0 Å². The van der Waals surface area contributed by atoms with Gasteiger partial charge in [0.1, 0.15) is 0 Å². The van der Waals surface area contributed by atoms with Crippen LogP contribution in [0.15, 0.2) is 30.5 Å². The number of aromatic nitrogens is 2. The van der Waals surface area contributed by atoms with Crippen LogP contribution in [0.1, 0.15) is 5.69 Å². The number of ether oxygens (including phenoxy) is 1. The Morgan fingerprint density at radius 3 is 2.82 bits per heavy atom. The molecule has 2 rings (SSSR count). The number of benzene rings is 1. The van der Waals surface area contributed by atoms with E-state index in [0.717, 1.165) is 5.69 Å². The van der Waals surface area contributed by atoms with E-state index in [1.165, 1.54) is 13.2 Å². The van der Waals surface area contributed by atoms with Crippen LogP contribution < -0.4 is 10.1 Å². The molecule has 0 atom stereocenters. The third-order valence-electron chi connectivity index (χ3n) is 2.39. The minimum Gasteiger partial charge on any atom is -0.494 e. The van der Waals surface area contributed by atoms with Crippen LogP contribution in [-0.4, -0.2) is 16.9 Å². The first kappa shape index (κ1) is 11.4. The largest absolute Gasteiger partial charge is 0.494 e. The number of anilines is 1. The molecule has 0 saturated carbocycles. The van der Waals surface area contributed by atoms with Gasteiger partial charge in [0.25, 0.3) is 0 Å². The Hall–Kier alpha value is -2.04. The lowest BCUT2D eigenvalue weighted by Gasteiger charge is -2.06. The van der Waals surface area contributed by atoms with Crippen molar-refractivity contribution in [3.63, 3.8) is 0 Å². The summed E-state index contributed by atoms with van der Waals surface area (Å²) in [4.78, 5) is 0. The Kier molecular flexibility index (Phi) is 3.27. The minimum atomic E-state index is -0.376. The summed E-state index contributed by atoms with van der Waals surface area (Å²) in [6, 6.07) is 6.68. The van der Waals surface area contributed by atoms with Crippen LogP contribution in [0, 0.1) is 5.82 Å². The standard InChI is InChI=1S/C12H14FN3O/c1-16-6-5-10(15-16)8-14-9-3-4-12(17-2)11(13)7-9/h3-7,14H,8H2,1-2H3. The van der Waals surface area contributed by atoms with Crippen molar-refractivity contribution in [3.8, 4) is 5.75 Å². The van der Waals surface area contributed by atoms with Crippen molar-refractivity contribution >= 4 is 5.69 Å². The van der Waals surface area contributed by atoms with Gasteiger partial charge < -0.3 is 10.1 Å². The van der Waals surface area contributed by atoms with Crippen LogP contribution in [0.5, 0.6) is 5.75 Å². The number of hydrogen-bond donors (Lipinski definition) is 1. The highest BCUT2D eigenvalue weighted by Gasteiger charge is 2.03. The van der Waals surface area contributed by atoms with Crippen LogP contribution in [0.4, 0.5) is 10.1 Å². The summed E-state index contributed by atoms with van der Waals surface area (Å²) in [5.74, 6) is -0.132. The van der Waals surface area contributed by atoms with E-state index in [4.69, 9.17) is 4.74 Å². The summed E-state index contributed by atoms with van der Waals surface area (Å²) in [6.07, 6.45) is 1.87. The third-order valence-corrected chi connectivity index (χ3v) is 2.39. The van der Waals surface area contributed by atoms with Gasteiger partial charge in [0.05, 0.1) is 19.3 Å². The van der Waals surface area contributed by atoms with E-state index in [2.05, 4.69) is 10.4 Å². The summed E-state index contributed by atoms with van der Waals surface area (Å²) >= 11 is 0. The highest BCUT2D eigenvalue weighted by Crippen LogP contribution is 2.20. The Bertz CT molecular complexity index is 510. The molecule has 0 bridgehead atoms. The molecule has 90 valence electrons. The van der Waals surface area contributed by atoms with Crippen molar-refractivity contribution in [1.82, 2.24) is 9.78 Å². The van der Waals surface area contributed by atoms with E-state index in [9.17, 15) is 4.39 Å². The van der Waals surface area contributed by atoms with Gasteiger partial charge in [0.2, 0.25) is 0 Å². The van der Waals surface area contributed by atoms with Gasteiger partial charge in [0, 0.05) is 25.0 Å². The maximum Gasteiger partial charge on any atom is 0.167 e. The molecule has 0 amide bonds. The van der Waals surface area contributed by atoms with Crippen LogP contribution >= 0.6 is 0 Å². The second-order valence-electron chi connectivity index (χ2n) is 3.68. The fourth-order valence-corrected chi connectivity index (χ4v) is 1.53. The topological polar surface area (TPSA) is 39.1 Å². The molecule has 0 aliphatic carbocycles. The van der Waals surface area contributed by atoms with Crippen LogP contribution in [0.2, 0.25) is 0 Å². The maximum atomic E-state index is 13.4. The molecule has 1 heterocycles. The fraction of sp³-hybridized carbons (Fsp3) is 0.250. The van der Waals surface area contributed by atoms with Gasteiger partial charge in [-0.1, -0.05) is 0 Å².